The van der Waals surface area contributed by atoms with Crippen molar-refractivity contribution < 1.29 is 9.47 Å². The van der Waals surface area contributed by atoms with Gasteiger partial charge in [-0.05, 0) is 12.1 Å². The van der Waals surface area contributed by atoms with Gasteiger partial charge in [-0.2, -0.15) is 0 Å². The van der Waals surface area contributed by atoms with E-state index in [0.717, 1.165) is 5.82 Å². The highest BCUT2D eigenvalue weighted by molar-refractivity contribution is 6.30. The molecule has 0 aliphatic heterocycles. The van der Waals surface area contributed by atoms with Crippen LogP contribution in [0.4, 0.5) is 5.82 Å². The minimum atomic E-state index is 0.169. The van der Waals surface area contributed by atoms with E-state index in [1.54, 1.807) is 13.2 Å². The molecular weight excluding hydrogens is 204 g/mol. The van der Waals surface area contributed by atoms with Crippen LogP contribution in [-0.2, 0) is 4.74 Å². The summed E-state index contributed by atoms with van der Waals surface area (Å²) in [5, 5.41) is 0.341. The van der Waals surface area contributed by atoms with E-state index in [4.69, 9.17) is 21.1 Å². The van der Waals surface area contributed by atoms with E-state index < -0.39 is 0 Å². The van der Waals surface area contributed by atoms with Gasteiger partial charge in [0.05, 0.1) is 0 Å². The molecule has 0 spiro atoms. The number of hydrogen-bond acceptors (Lipinski definition) is 4. The van der Waals surface area contributed by atoms with Crippen LogP contribution in [0.2, 0.25) is 5.15 Å². The minimum absolute atomic E-state index is 0.169. The molecule has 1 aromatic heterocycles. The maximum absolute atomic E-state index is 5.89. The topological polar surface area (TPSA) is 34.6 Å². The number of aromatic nitrogens is 1. The molecule has 0 saturated heterocycles. The number of anilines is 1. The third-order valence-corrected chi connectivity index (χ3v) is 1.86. The van der Waals surface area contributed by atoms with E-state index in [-0.39, 0.29) is 6.79 Å². The Morgan fingerprint density at radius 2 is 2.14 bits per heavy atom. The fourth-order valence-electron chi connectivity index (χ4n) is 0.891. The second-order valence-corrected chi connectivity index (χ2v) is 3.26. The number of ether oxygens (including phenoxy) is 2. The molecule has 0 aromatic carbocycles. The molecule has 0 saturated carbocycles. The normalized spacial score (nSPS) is 10.0. The summed E-state index contributed by atoms with van der Waals surface area (Å²) in [7, 11) is 5.35. The predicted octanol–water partition coefficient (Wildman–Crippen LogP) is 1.78. The zero-order valence-corrected chi connectivity index (χ0v) is 9.21. The highest BCUT2D eigenvalue weighted by Gasteiger charge is 2.05. The molecule has 0 amide bonds. The quantitative estimate of drug-likeness (QED) is 0.568. The summed E-state index contributed by atoms with van der Waals surface area (Å²) < 4.78 is 9.94. The van der Waals surface area contributed by atoms with E-state index >= 15 is 0 Å². The SMILES string of the molecule is COCOc1ccc(N(C)C)nc1Cl. The third-order valence-electron chi connectivity index (χ3n) is 1.59. The van der Waals surface area contributed by atoms with Gasteiger partial charge in [-0.1, -0.05) is 11.6 Å². The summed E-state index contributed by atoms with van der Waals surface area (Å²) in [5.41, 5.74) is 0. The first kappa shape index (κ1) is 11.1. The van der Waals surface area contributed by atoms with Crippen molar-refractivity contribution in [1.29, 1.82) is 0 Å². The molecule has 14 heavy (non-hydrogen) atoms. The number of methoxy groups -OCH3 is 1. The third kappa shape index (κ3) is 2.75. The second-order valence-electron chi connectivity index (χ2n) is 2.90. The minimum Gasteiger partial charge on any atom is -0.464 e. The van der Waals surface area contributed by atoms with E-state index in [1.807, 2.05) is 25.1 Å². The van der Waals surface area contributed by atoms with Crippen molar-refractivity contribution in [2.24, 2.45) is 0 Å². The molecule has 0 unspecified atom stereocenters. The van der Waals surface area contributed by atoms with Crippen molar-refractivity contribution in [2.75, 3.05) is 32.9 Å². The first-order valence-corrected chi connectivity index (χ1v) is 4.48. The van der Waals surface area contributed by atoms with Crippen LogP contribution in [0, 0.1) is 0 Å². The molecule has 1 aromatic rings. The van der Waals surface area contributed by atoms with Gasteiger partial charge in [-0.25, -0.2) is 4.98 Å². The Kier molecular flexibility index (Phi) is 3.98. The second kappa shape index (κ2) is 5.02. The lowest BCUT2D eigenvalue weighted by Crippen LogP contribution is -2.10. The van der Waals surface area contributed by atoms with Gasteiger partial charge in [0.1, 0.15) is 5.82 Å². The molecule has 0 aliphatic rings. The van der Waals surface area contributed by atoms with Gasteiger partial charge < -0.3 is 14.4 Å². The van der Waals surface area contributed by atoms with Crippen molar-refractivity contribution in [1.82, 2.24) is 4.98 Å². The van der Waals surface area contributed by atoms with E-state index in [0.29, 0.717) is 10.9 Å². The van der Waals surface area contributed by atoms with Gasteiger partial charge in [0.15, 0.2) is 17.7 Å². The molecule has 0 aliphatic carbocycles. The molecule has 0 fully saturated rings. The fourth-order valence-corrected chi connectivity index (χ4v) is 1.10. The highest BCUT2D eigenvalue weighted by atomic mass is 35.5. The van der Waals surface area contributed by atoms with Gasteiger partial charge in [0, 0.05) is 21.2 Å². The molecule has 0 bridgehead atoms. The summed E-state index contributed by atoms with van der Waals surface area (Å²) in [4.78, 5) is 6.00. The molecule has 78 valence electrons. The molecule has 0 atom stereocenters. The van der Waals surface area contributed by atoms with Crippen molar-refractivity contribution >= 4 is 17.4 Å². The van der Waals surface area contributed by atoms with Crippen molar-refractivity contribution in [2.45, 2.75) is 0 Å². The molecule has 0 radical (unpaired) electrons. The Morgan fingerprint density at radius 3 is 2.64 bits per heavy atom. The van der Waals surface area contributed by atoms with Crippen molar-refractivity contribution in [3.05, 3.63) is 17.3 Å². The summed E-state index contributed by atoms with van der Waals surface area (Å²) in [5.74, 6) is 1.32. The summed E-state index contributed by atoms with van der Waals surface area (Å²) >= 11 is 5.89. The van der Waals surface area contributed by atoms with Gasteiger partial charge >= 0.3 is 0 Å². The number of nitrogens with zero attached hydrogens (tertiary/aromatic N) is 2. The largest absolute Gasteiger partial charge is 0.464 e. The number of halogens is 1. The van der Waals surface area contributed by atoms with Crippen LogP contribution in [0.15, 0.2) is 12.1 Å². The monoisotopic (exact) mass is 216 g/mol. The van der Waals surface area contributed by atoms with Crippen LogP contribution in [0.5, 0.6) is 5.75 Å². The summed E-state index contributed by atoms with van der Waals surface area (Å²) in [6.45, 7) is 0.169. The maximum Gasteiger partial charge on any atom is 0.188 e. The maximum atomic E-state index is 5.89. The Labute approximate surface area is 88.4 Å². The lowest BCUT2D eigenvalue weighted by atomic mass is 10.4. The number of hydrogen-bond donors (Lipinski definition) is 0. The number of pyridine rings is 1. The highest BCUT2D eigenvalue weighted by Crippen LogP contribution is 2.24. The van der Waals surface area contributed by atoms with Crippen LogP contribution in [0.1, 0.15) is 0 Å². The molecular formula is C9H13ClN2O2. The average Bonchev–Trinajstić information content (AvgIpc) is 2.15. The lowest BCUT2D eigenvalue weighted by Gasteiger charge is -2.12. The van der Waals surface area contributed by atoms with Gasteiger partial charge in [-0.3, -0.25) is 0 Å². The first-order chi connectivity index (χ1) is 6.65. The molecule has 4 nitrogen and oxygen atoms in total. The average molecular weight is 217 g/mol. The summed E-state index contributed by atoms with van der Waals surface area (Å²) in [6, 6.07) is 3.60. The molecule has 1 rings (SSSR count). The fraction of sp³-hybridized carbons (Fsp3) is 0.444. The summed E-state index contributed by atoms with van der Waals surface area (Å²) in [6.07, 6.45) is 0. The van der Waals surface area contributed by atoms with E-state index in [2.05, 4.69) is 4.98 Å². The van der Waals surface area contributed by atoms with Crippen LogP contribution in [-0.4, -0.2) is 33.0 Å². The Bertz CT molecular complexity index is 305. The van der Waals surface area contributed by atoms with Crippen LogP contribution < -0.4 is 9.64 Å². The van der Waals surface area contributed by atoms with Crippen molar-refractivity contribution in [3.8, 4) is 5.75 Å². The Hall–Kier alpha value is -1.00. The molecule has 5 heteroatoms. The van der Waals surface area contributed by atoms with Crippen LogP contribution >= 0.6 is 11.6 Å². The standard InChI is InChI=1S/C9H13ClN2O2/c1-12(2)8-5-4-7(9(10)11-8)14-6-13-3/h4-5H,6H2,1-3H3. The zero-order valence-electron chi connectivity index (χ0n) is 8.45. The van der Waals surface area contributed by atoms with Gasteiger partial charge in [0.25, 0.3) is 0 Å². The zero-order chi connectivity index (χ0) is 10.6. The molecule has 1 heterocycles. The van der Waals surface area contributed by atoms with E-state index in [1.165, 1.54) is 0 Å². The molecule has 0 N–H and O–H groups in total. The van der Waals surface area contributed by atoms with Crippen LogP contribution in [0.25, 0.3) is 0 Å². The van der Waals surface area contributed by atoms with Crippen LogP contribution in [0.3, 0.4) is 0 Å². The smallest absolute Gasteiger partial charge is 0.188 e. The van der Waals surface area contributed by atoms with E-state index in [9.17, 15) is 0 Å². The van der Waals surface area contributed by atoms with Gasteiger partial charge in [-0.15, -0.1) is 0 Å². The number of rotatable bonds is 4. The Balaban J connectivity index is 2.79. The Morgan fingerprint density at radius 1 is 1.43 bits per heavy atom. The van der Waals surface area contributed by atoms with Gasteiger partial charge in [0.2, 0.25) is 0 Å². The lowest BCUT2D eigenvalue weighted by molar-refractivity contribution is 0.0509. The first-order valence-electron chi connectivity index (χ1n) is 4.10. The van der Waals surface area contributed by atoms with Crippen molar-refractivity contribution in [3.63, 3.8) is 0 Å². The predicted molar refractivity (Wildman–Crippen MR) is 56.1 cm³/mol.